The van der Waals surface area contributed by atoms with Crippen molar-refractivity contribution in [3.63, 3.8) is 0 Å². The summed E-state index contributed by atoms with van der Waals surface area (Å²) < 4.78 is 1.75. The summed E-state index contributed by atoms with van der Waals surface area (Å²) in [6.07, 6.45) is 6.19. The molecule has 0 spiro atoms. The highest BCUT2D eigenvalue weighted by Gasteiger charge is 1.93. The molecule has 0 bridgehead atoms. The Bertz CT molecular complexity index is 164. The van der Waals surface area contributed by atoms with Gasteiger partial charge >= 0.3 is 0 Å². The van der Waals surface area contributed by atoms with Crippen molar-refractivity contribution in [1.29, 1.82) is 0 Å². The number of hydrogen-bond donors (Lipinski definition) is 2. The molecule has 0 radical (unpaired) electrons. The van der Waals surface area contributed by atoms with E-state index in [1.165, 1.54) is 0 Å². The number of nitrogens with one attached hydrogen (secondary N) is 2. The number of hydrogen-bond acceptors (Lipinski definition) is 4. The highest BCUT2D eigenvalue weighted by Crippen LogP contribution is 1.96. The Labute approximate surface area is 105 Å². The zero-order chi connectivity index (χ0) is 10.8. The summed E-state index contributed by atoms with van der Waals surface area (Å²) in [6.45, 7) is 1.90. The first-order valence-corrected chi connectivity index (χ1v) is 7.61. The van der Waals surface area contributed by atoms with Gasteiger partial charge in [-0.25, -0.2) is 0 Å². The van der Waals surface area contributed by atoms with Crippen LogP contribution in [0.15, 0.2) is 0 Å². The van der Waals surface area contributed by atoms with E-state index in [0.717, 1.165) is 34.6 Å². The fourth-order valence-electron chi connectivity index (χ4n) is 0.775. The van der Waals surface area contributed by atoms with Crippen LogP contribution in [0.2, 0.25) is 0 Å². The summed E-state index contributed by atoms with van der Waals surface area (Å²) in [5.41, 5.74) is 0. The molecule has 82 valence electrons. The highest BCUT2D eigenvalue weighted by molar-refractivity contribution is 8.22. The number of thiocarbonyl (C=S) groups is 2. The third-order valence-corrected chi connectivity index (χ3v) is 3.83. The molecule has 0 amide bonds. The van der Waals surface area contributed by atoms with Crippen LogP contribution in [0.1, 0.15) is 12.8 Å². The quantitative estimate of drug-likeness (QED) is 0.586. The Balaban J connectivity index is 3.14. The van der Waals surface area contributed by atoms with Crippen molar-refractivity contribution in [2.24, 2.45) is 0 Å². The molecule has 0 heterocycles. The van der Waals surface area contributed by atoms with E-state index < -0.39 is 0 Å². The van der Waals surface area contributed by atoms with Gasteiger partial charge in [-0.1, -0.05) is 24.4 Å². The summed E-state index contributed by atoms with van der Waals surface area (Å²) in [5.74, 6) is 0. The molecular formula is C8H16N2S4. The minimum Gasteiger partial charge on any atom is -0.371 e. The molecule has 0 aliphatic heterocycles. The van der Waals surface area contributed by atoms with Crippen LogP contribution in [0.4, 0.5) is 0 Å². The van der Waals surface area contributed by atoms with E-state index in [-0.39, 0.29) is 0 Å². The normalized spacial score (nSPS) is 9.57. The van der Waals surface area contributed by atoms with Crippen LogP contribution >= 0.6 is 48.0 Å². The molecule has 0 rings (SSSR count). The van der Waals surface area contributed by atoms with Gasteiger partial charge in [-0.05, 0) is 25.4 Å². The van der Waals surface area contributed by atoms with Crippen LogP contribution in [0, 0.1) is 0 Å². The van der Waals surface area contributed by atoms with Gasteiger partial charge in [0.1, 0.15) is 8.64 Å². The Morgan fingerprint density at radius 3 is 1.57 bits per heavy atom. The van der Waals surface area contributed by atoms with Crippen molar-refractivity contribution in [1.82, 2.24) is 10.6 Å². The number of unbranched alkanes of at least 4 members (excludes halogenated alkanes) is 1. The van der Waals surface area contributed by atoms with Crippen molar-refractivity contribution in [3.8, 4) is 0 Å². The fourth-order valence-corrected chi connectivity index (χ4v) is 1.47. The van der Waals surface area contributed by atoms with E-state index in [9.17, 15) is 0 Å². The molecular weight excluding hydrogens is 252 g/mol. The molecule has 0 atom stereocenters. The summed E-state index contributed by atoms with van der Waals surface area (Å²) in [7, 11) is 0. The van der Waals surface area contributed by atoms with Gasteiger partial charge in [0.05, 0.1) is 0 Å². The van der Waals surface area contributed by atoms with E-state index >= 15 is 0 Å². The smallest absolute Gasteiger partial charge is 0.133 e. The van der Waals surface area contributed by atoms with Crippen LogP contribution in [0.5, 0.6) is 0 Å². The molecule has 0 aromatic heterocycles. The van der Waals surface area contributed by atoms with Crippen molar-refractivity contribution in [2.75, 3.05) is 25.6 Å². The fraction of sp³-hybridized carbons (Fsp3) is 0.750. The minimum atomic E-state index is 0.873. The zero-order valence-electron chi connectivity index (χ0n) is 8.46. The van der Waals surface area contributed by atoms with Gasteiger partial charge in [-0.3, -0.25) is 0 Å². The molecule has 14 heavy (non-hydrogen) atoms. The molecule has 0 saturated heterocycles. The predicted octanol–water partition coefficient (Wildman–Crippen LogP) is 2.24. The SMILES string of the molecule is CSC(=S)NCCCCNC(=S)SC. The van der Waals surface area contributed by atoms with E-state index in [1.54, 1.807) is 23.5 Å². The monoisotopic (exact) mass is 268 g/mol. The largest absolute Gasteiger partial charge is 0.371 e. The lowest BCUT2D eigenvalue weighted by Gasteiger charge is -2.06. The molecule has 0 unspecified atom stereocenters. The van der Waals surface area contributed by atoms with Crippen LogP contribution in [0.3, 0.4) is 0 Å². The van der Waals surface area contributed by atoms with Gasteiger partial charge in [0.2, 0.25) is 0 Å². The van der Waals surface area contributed by atoms with Crippen LogP contribution < -0.4 is 10.6 Å². The minimum absolute atomic E-state index is 0.873. The van der Waals surface area contributed by atoms with Crippen molar-refractivity contribution < 1.29 is 0 Å². The molecule has 2 N–H and O–H groups in total. The van der Waals surface area contributed by atoms with Crippen molar-refractivity contribution >= 4 is 56.6 Å². The Morgan fingerprint density at radius 1 is 0.929 bits per heavy atom. The molecule has 0 aliphatic rings. The van der Waals surface area contributed by atoms with E-state index in [1.807, 2.05) is 12.5 Å². The van der Waals surface area contributed by atoms with Gasteiger partial charge in [0.25, 0.3) is 0 Å². The number of rotatable bonds is 5. The highest BCUT2D eigenvalue weighted by atomic mass is 32.2. The summed E-state index contributed by atoms with van der Waals surface area (Å²) in [4.78, 5) is 0. The standard InChI is InChI=1S/C8H16N2S4/c1-13-7(11)9-5-3-4-6-10-8(12)14-2/h3-6H2,1-2H3,(H,9,11)(H,10,12). The molecule has 2 nitrogen and oxygen atoms in total. The average Bonchev–Trinajstić information content (AvgIpc) is 2.22. The molecule has 0 aromatic rings. The summed E-state index contributed by atoms with van der Waals surface area (Å²) >= 11 is 13.2. The Kier molecular flexibility index (Phi) is 10.4. The topological polar surface area (TPSA) is 24.1 Å². The van der Waals surface area contributed by atoms with E-state index in [2.05, 4.69) is 10.6 Å². The van der Waals surface area contributed by atoms with Gasteiger partial charge in [0.15, 0.2) is 0 Å². The summed E-state index contributed by atoms with van der Waals surface area (Å²) in [5, 5.41) is 6.33. The maximum Gasteiger partial charge on any atom is 0.133 e. The first-order valence-electron chi connectivity index (χ1n) is 4.34. The second-order valence-electron chi connectivity index (χ2n) is 2.54. The van der Waals surface area contributed by atoms with Gasteiger partial charge < -0.3 is 10.6 Å². The van der Waals surface area contributed by atoms with E-state index in [4.69, 9.17) is 24.4 Å². The molecule has 6 heteroatoms. The zero-order valence-corrected chi connectivity index (χ0v) is 11.7. The van der Waals surface area contributed by atoms with Crippen LogP contribution in [-0.4, -0.2) is 34.2 Å². The molecule has 0 saturated carbocycles. The average molecular weight is 268 g/mol. The van der Waals surface area contributed by atoms with Crippen LogP contribution in [0.25, 0.3) is 0 Å². The second kappa shape index (κ2) is 10.0. The second-order valence-corrected chi connectivity index (χ2v) is 5.51. The predicted molar refractivity (Wildman–Crippen MR) is 77.5 cm³/mol. The lowest BCUT2D eigenvalue weighted by atomic mass is 10.3. The van der Waals surface area contributed by atoms with Gasteiger partial charge in [0, 0.05) is 13.1 Å². The van der Waals surface area contributed by atoms with E-state index in [0.29, 0.717) is 0 Å². The molecule has 0 aromatic carbocycles. The third kappa shape index (κ3) is 9.05. The third-order valence-electron chi connectivity index (χ3n) is 1.51. The maximum atomic E-state index is 5.01. The molecule has 0 aliphatic carbocycles. The van der Waals surface area contributed by atoms with Crippen LogP contribution in [-0.2, 0) is 0 Å². The van der Waals surface area contributed by atoms with Crippen molar-refractivity contribution in [2.45, 2.75) is 12.8 Å². The summed E-state index contributed by atoms with van der Waals surface area (Å²) in [6, 6.07) is 0. The number of thioether (sulfide) groups is 2. The Hall–Kier alpha value is 0.480. The Morgan fingerprint density at radius 2 is 1.29 bits per heavy atom. The molecule has 0 fully saturated rings. The van der Waals surface area contributed by atoms with Gasteiger partial charge in [-0.15, -0.1) is 23.5 Å². The maximum absolute atomic E-state index is 5.01. The first kappa shape index (κ1) is 14.5. The lowest BCUT2D eigenvalue weighted by molar-refractivity contribution is 0.699. The van der Waals surface area contributed by atoms with Crippen molar-refractivity contribution in [3.05, 3.63) is 0 Å². The lowest BCUT2D eigenvalue weighted by Crippen LogP contribution is -2.22. The van der Waals surface area contributed by atoms with Gasteiger partial charge in [-0.2, -0.15) is 0 Å². The first-order chi connectivity index (χ1) is 6.70.